The molecule has 0 fully saturated rings. The summed E-state index contributed by atoms with van der Waals surface area (Å²) in [4.78, 5) is 0. The fraction of sp³-hybridized carbons (Fsp3) is 0.647. The Morgan fingerprint density at radius 2 is 1.90 bits per heavy atom. The zero-order valence-electron chi connectivity index (χ0n) is 13.9. The summed E-state index contributed by atoms with van der Waals surface area (Å²) in [7, 11) is -2.90. The second-order valence-electron chi connectivity index (χ2n) is 7.11. The van der Waals surface area contributed by atoms with E-state index in [0.717, 1.165) is 13.0 Å². The molecular formula is C17H29NO2S. The minimum Gasteiger partial charge on any atom is -0.312 e. The van der Waals surface area contributed by atoms with Crippen molar-refractivity contribution in [1.82, 2.24) is 5.32 Å². The molecule has 3 nitrogen and oxygen atoms in total. The van der Waals surface area contributed by atoms with Gasteiger partial charge in [-0.3, -0.25) is 0 Å². The van der Waals surface area contributed by atoms with Gasteiger partial charge in [0.2, 0.25) is 0 Å². The Hall–Kier alpha value is -0.870. The third-order valence-electron chi connectivity index (χ3n) is 3.42. The summed E-state index contributed by atoms with van der Waals surface area (Å²) < 4.78 is 22.8. The Kier molecular flexibility index (Phi) is 6.41. The number of rotatable bonds is 7. The third kappa shape index (κ3) is 8.89. The van der Waals surface area contributed by atoms with Crippen molar-refractivity contribution in [2.24, 2.45) is 5.92 Å². The standard InChI is InChI=1S/C17H29NO2S/c1-14-7-6-8-15(11-14)12-16(9-10-21(5,19)20)13-18-17(2,3)4/h6-8,11,16,18H,9-10,12-13H2,1-5H3. The minimum absolute atomic E-state index is 0.0515. The highest BCUT2D eigenvalue weighted by molar-refractivity contribution is 7.90. The summed E-state index contributed by atoms with van der Waals surface area (Å²) in [6, 6.07) is 8.46. The van der Waals surface area contributed by atoms with Crippen molar-refractivity contribution in [2.45, 2.75) is 46.1 Å². The number of aryl methyl sites for hydroxylation is 1. The van der Waals surface area contributed by atoms with Crippen LogP contribution in [0.2, 0.25) is 0 Å². The fourth-order valence-corrected chi connectivity index (χ4v) is 3.04. The molecule has 0 heterocycles. The van der Waals surface area contributed by atoms with E-state index in [-0.39, 0.29) is 11.3 Å². The molecule has 21 heavy (non-hydrogen) atoms. The lowest BCUT2D eigenvalue weighted by Crippen LogP contribution is -2.40. The lowest BCUT2D eigenvalue weighted by Gasteiger charge is -2.25. The van der Waals surface area contributed by atoms with Gasteiger partial charge in [-0.1, -0.05) is 29.8 Å². The molecule has 1 unspecified atom stereocenters. The SMILES string of the molecule is Cc1cccc(CC(CCS(C)(=O)=O)CNC(C)(C)C)c1. The molecule has 0 bridgehead atoms. The van der Waals surface area contributed by atoms with E-state index in [1.165, 1.54) is 17.4 Å². The molecule has 1 aromatic rings. The predicted molar refractivity (Wildman–Crippen MR) is 90.5 cm³/mol. The highest BCUT2D eigenvalue weighted by atomic mass is 32.2. The molecular weight excluding hydrogens is 282 g/mol. The molecule has 0 radical (unpaired) electrons. The van der Waals surface area contributed by atoms with Crippen molar-refractivity contribution in [1.29, 1.82) is 0 Å². The Bertz CT molecular complexity index is 544. The van der Waals surface area contributed by atoms with Crippen molar-refractivity contribution in [3.63, 3.8) is 0 Å². The van der Waals surface area contributed by atoms with Crippen LogP contribution in [-0.4, -0.2) is 32.5 Å². The molecule has 0 saturated carbocycles. The van der Waals surface area contributed by atoms with Crippen LogP contribution in [0, 0.1) is 12.8 Å². The second kappa shape index (κ2) is 7.41. The summed E-state index contributed by atoms with van der Waals surface area (Å²) >= 11 is 0. The van der Waals surface area contributed by atoms with Gasteiger partial charge < -0.3 is 5.32 Å². The van der Waals surface area contributed by atoms with Crippen molar-refractivity contribution in [3.05, 3.63) is 35.4 Å². The molecule has 0 aliphatic carbocycles. The first kappa shape index (κ1) is 18.2. The second-order valence-corrected chi connectivity index (χ2v) is 9.37. The maximum atomic E-state index is 11.4. The van der Waals surface area contributed by atoms with Gasteiger partial charge in [-0.15, -0.1) is 0 Å². The third-order valence-corrected chi connectivity index (χ3v) is 4.40. The van der Waals surface area contributed by atoms with Crippen LogP contribution >= 0.6 is 0 Å². The number of sulfone groups is 1. The lowest BCUT2D eigenvalue weighted by molar-refractivity contribution is 0.363. The molecule has 120 valence electrons. The van der Waals surface area contributed by atoms with Gasteiger partial charge in [-0.2, -0.15) is 0 Å². The first-order valence-corrected chi connectivity index (χ1v) is 9.59. The minimum atomic E-state index is -2.90. The van der Waals surface area contributed by atoms with Crippen LogP contribution in [-0.2, 0) is 16.3 Å². The van der Waals surface area contributed by atoms with E-state index in [0.29, 0.717) is 12.3 Å². The van der Waals surface area contributed by atoms with Gasteiger partial charge >= 0.3 is 0 Å². The molecule has 1 aromatic carbocycles. The van der Waals surface area contributed by atoms with E-state index >= 15 is 0 Å². The van der Waals surface area contributed by atoms with E-state index in [2.05, 4.69) is 57.3 Å². The van der Waals surface area contributed by atoms with Crippen LogP contribution in [0.4, 0.5) is 0 Å². The van der Waals surface area contributed by atoms with Crippen LogP contribution in [0.3, 0.4) is 0 Å². The van der Waals surface area contributed by atoms with Crippen LogP contribution in [0.25, 0.3) is 0 Å². The Morgan fingerprint density at radius 3 is 2.43 bits per heavy atom. The molecule has 1 atom stereocenters. The van der Waals surface area contributed by atoms with Gasteiger partial charge in [0.1, 0.15) is 9.84 Å². The van der Waals surface area contributed by atoms with Crippen LogP contribution in [0.5, 0.6) is 0 Å². The summed E-state index contributed by atoms with van der Waals surface area (Å²) in [5, 5.41) is 3.50. The molecule has 0 saturated heterocycles. The number of nitrogens with one attached hydrogen (secondary N) is 1. The molecule has 0 aliphatic heterocycles. The molecule has 4 heteroatoms. The van der Waals surface area contributed by atoms with Gasteiger partial charge in [0, 0.05) is 11.8 Å². The van der Waals surface area contributed by atoms with E-state index < -0.39 is 9.84 Å². The monoisotopic (exact) mass is 311 g/mol. The fourth-order valence-electron chi connectivity index (χ4n) is 2.28. The summed E-state index contributed by atoms with van der Waals surface area (Å²) in [5.41, 5.74) is 2.58. The highest BCUT2D eigenvalue weighted by Crippen LogP contribution is 2.15. The van der Waals surface area contributed by atoms with Gasteiger partial charge in [0.15, 0.2) is 0 Å². The van der Waals surface area contributed by atoms with Gasteiger partial charge in [0.25, 0.3) is 0 Å². The number of hydrogen-bond acceptors (Lipinski definition) is 3. The zero-order chi connectivity index (χ0) is 16.1. The quantitative estimate of drug-likeness (QED) is 0.842. The number of hydrogen-bond donors (Lipinski definition) is 1. The van der Waals surface area contributed by atoms with E-state index in [4.69, 9.17) is 0 Å². The van der Waals surface area contributed by atoms with Crippen molar-refractivity contribution < 1.29 is 8.42 Å². The van der Waals surface area contributed by atoms with Gasteiger partial charge in [-0.05, 0) is 58.6 Å². The normalized spacial score (nSPS) is 14.1. The van der Waals surface area contributed by atoms with E-state index in [1.54, 1.807) is 0 Å². The predicted octanol–water partition coefficient (Wildman–Crippen LogP) is 2.98. The largest absolute Gasteiger partial charge is 0.312 e. The average molecular weight is 311 g/mol. The Labute approximate surface area is 130 Å². The lowest BCUT2D eigenvalue weighted by atomic mass is 9.95. The van der Waals surface area contributed by atoms with Crippen molar-refractivity contribution >= 4 is 9.84 Å². The Balaban J connectivity index is 2.71. The topological polar surface area (TPSA) is 46.2 Å². The summed E-state index contributed by atoms with van der Waals surface area (Å²) in [6.07, 6.45) is 2.93. The van der Waals surface area contributed by atoms with Gasteiger partial charge in [0.05, 0.1) is 5.75 Å². The Morgan fingerprint density at radius 1 is 1.24 bits per heavy atom. The first-order chi connectivity index (χ1) is 9.55. The van der Waals surface area contributed by atoms with Crippen molar-refractivity contribution in [2.75, 3.05) is 18.6 Å². The molecule has 0 aromatic heterocycles. The maximum Gasteiger partial charge on any atom is 0.147 e. The average Bonchev–Trinajstić information content (AvgIpc) is 2.30. The van der Waals surface area contributed by atoms with Crippen LogP contribution in [0.1, 0.15) is 38.3 Å². The van der Waals surface area contributed by atoms with Crippen LogP contribution in [0.15, 0.2) is 24.3 Å². The van der Waals surface area contributed by atoms with Gasteiger partial charge in [-0.25, -0.2) is 8.42 Å². The first-order valence-electron chi connectivity index (χ1n) is 7.53. The summed E-state index contributed by atoms with van der Waals surface area (Å²) in [5.74, 6) is 0.593. The molecule has 0 amide bonds. The molecule has 1 rings (SSSR count). The smallest absolute Gasteiger partial charge is 0.147 e. The summed E-state index contributed by atoms with van der Waals surface area (Å²) in [6.45, 7) is 9.32. The van der Waals surface area contributed by atoms with Crippen LogP contribution < -0.4 is 5.32 Å². The number of benzene rings is 1. The molecule has 1 N–H and O–H groups in total. The zero-order valence-corrected chi connectivity index (χ0v) is 14.8. The molecule has 0 spiro atoms. The molecule has 0 aliphatic rings. The van der Waals surface area contributed by atoms with E-state index in [9.17, 15) is 8.42 Å². The maximum absolute atomic E-state index is 11.4. The van der Waals surface area contributed by atoms with E-state index in [1.807, 2.05) is 0 Å². The highest BCUT2D eigenvalue weighted by Gasteiger charge is 2.17. The van der Waals surface area contributed by atoms with Crippen molar-refractivity contribution in [3.8, 4) is 0 Å².